The Morgan fingerprint density at radius 2 is 2.17 bits per heavy atom. The Hall–Kier alpha value is -2.81. The molecule has 2 aromatic heterocycles. The van der Waals surface area contributed by atoms with Crippen molar-refractivity contribution in [3.63, 3.8) is 0 Å². The average molecular weight is 324 g/mol. The molecular formula is C18H20N4O2. The molecule has 24 heavy (non-hydrogen) atoms. The number of amides is 2. The van der Waals surface area contributed by atoms with Crippen LogP contribution in [0.4, 0.5) is 10.6 Å². The summed E-state index contributed by atoms with van der Waals surface area (Å²) in [6.07, 6.45) is 5.74. The van der Waals surface area contributed by atoms with E-state index in [1.165, 1.54) is 6.20 Å². The maximum atomic E-state index is 12.7. The van der Waals surface area contributed by atoms with Gasteiger partial charge in [-0.05, 0) is 44.0 Å². The Morgan fingerprint density at radius 3 is 2.75 bits per heavy atom. The van der Waals surface area contributed by atoms with Crippen LogP contribution < -0.4 is 5.32 Å². The number of urea groups is 1. The minimum absolute atomic E-state index is 0.187. The van der Waals surface area contributed by atoms with E-state index in [0.29, 0.717) is 17.9 Å². The lowest BCUT2D eigenvalue weighted by molar-refractivity contribution is 0.177. The molecule has 2 amide bonds. The molecule has 1 fully saturated rings. The summed E-state index contributed by atoms with van der Waals surface area (Å²) in [5.74, 6) is 2.06. The Bertz CT molecular complexity index is 739. The number of carbonyl (C=O) groups is 1. The summed E-state index contributed by atoms with van der Waals surface area (Å²) >= 11 is 0. The maximum absolute atomic E-state index is 12.7. The topological polar surface area (TPSA) is 82.2 Å². The standard InChI is InChI=1S/C18H20N4O2/c1-13-6-8-16(24-13)12-22(15-4-2-3-5-15)18(23)21-17-9-7-14(10-19)11-20-17/h6-9,11,15H,2-5,12H2,1H3,(H,20,21,23). The van der Waals surface area contributed by atoms with Gasteiger partial charge in [0.15, 0.2) is 0 Å². The Kier molecular flexibility index (Phi) is 4.80. The number of furan rings is 1. The fraction of sp³-hybridized carbons (Fsp3) is 0.389. The van der Waals surface area contributed by atoms with Gasteiger partial charge < -0.3 is 9.32 Å². The Labute approximate surface area is 141 Å². The van der Waals surface area contributed by atoms with E-state index in [1.807, 2.05) is 30.0 Å². The minimum atomic E-state index is -0.187. The highest BCUT2D eigenvalue weighted by atomic mass is 16.3. The van der Waals surface area contributed by atoms with Gasteiger partial charge in [-0.3, -0.25) is 5.32 Å². The highest BCUT2D eigenvalue weighted by Gasteiger charge is 2.27. The highest BCUT2D eigenvalue weighted by Crippen LogP contribution is 2.26. The van der Waals surface area contributed by atoms with Gasteiger partial charge in [0.2, 0.25) is 0 Å². The fourth-order valence-corrected chi connectivity index (χ4v) is 3.04. The van der Waals surface area contributed by atoms with Crippen molar-refractivity contribution in [2.45, 2.75) is 45.2 Å². The lowest BCUT2D eigenvalue weighted by atomic mass is 10.2. The number of hydrogen-bond donors (Lipinski definition) is 1. The predicted octanol–water partition coefficient (Wildman–Crippen LogP) is 3.83. The zero-order valence-corrected chi connectivity index (χ0v) is 13.7. The number of pyridine rings is 1. The summed E-state index contributed by atoms with van der Waals surface area (Å²) in [6, 6.07) is 9.13. The number of anilines is 1. The second kappa shape index (κ2) is 7.18. The van der Waals surface area contributed by atoms with Crippen LogP contribution in [0.5, 0.6) is 0 Å². The molecule has 3 rings (SSSR count). The van der Waals surface area contributed by atoms with E-state index < -0.39 is 0 Å². The van der Waals surface area contributed by atoms with E-state index in [2.05, 4.69) is 10.3 Å². The molecule has 6 nitrogen and oxygen atoms in total. The summed E-state index contributed by atoms with van der Waals surface area (Å²) < 4.78 is 5.63. The van der Waals surface area contributed by atoms with Crippen LogP contribution in [0.3, 0.4) is 0 Å². The molecule has 0 unspecified atom stereocenters. The summed E-state index contributed by atoms with van der Waals surface area (Å²) in [4.78, 5) is 18.7. The smallest absolute Gasteiger partial charge is 0.323 e. The van der Waals surface area contributed by atoms with Gasteiger partial charge in [-0.15, -0.1) is 0 Å². The molecule has 0 aromatic carbocycles. The van der Waals surface area contributed by atoms with Crippen LogP contribution in [0.15, 0.2) is 34.9 Å². The van der Waals surface area contributed by atoms with Crippen molar-refractivity contribution in [2.24, 2.45) is 0 Å². The predicted molar refractivity (Wildman–Crippen MR) is 89.2 cm³/mol. The molecule has 1 aliphatic rings. The summed E-state index contributed by atoms with van der Waals surface area (Å²) in [7, 11) is 0. The van der Waals surface area contributed by atoms with Crippen molar-refractivity contribution >= 4 is 11.8 Å². The third-order valence-electron chi connectivity index (χ3n) is 4.28. The Balaban J connectivity index is 1.73. The molecule has 0 bridgehead atoms. The van der Waals surface area contributed by atoms with E-state index in [9.17, 15) is 4.79 Å². The largest absolute Gasteiger partial charge is 0.464 e. The van der Waals surface area contributed by atoms with E-state index in [-0.39, 0.29) is 12.1 Å². The molecule has 2 heterocycles. The lowest BCUT2D eigenvalue weighted by Gasteiger charge is -2.28. The van der Waals surface area contributed by atoms with Crippen LogP contribution >= 0.6 is 0 Å². The summed E-state index contributed by atoms with van der Waals surface area (Å²) in [5.41, 5.74) is 0.465. The van der Waals surface area contributed by atoms with Crippen molar-refractivity contribution in [3.05, 3.63) is 47.5 Å². The first kappa shape index (κ1) is 16.1. The summed E-state index contributed by atoms with van der Waals surface area (Å²) in [6.45, 7) is 2.34. The van der Waals surface area contributed by atoms with Crippen LogP contribution in [0.25, 0.3) is 0 Å². The van der Waals surface area contributed by atoms with Crippen LogP contribution in [0, 0.1) is 18.3 Å². The summed E-state index contributed by atoms with van der Waals surface area (Å²) in [5, 5.41) is 11.6. The van der Waals surface area contributed by atoms with E-state index in [1.54, 1.807) is 12.1 Å². The van der Waals surface area contributed by atoms with Crippen LogP contribution in [-0.4, -0.2) is 22.0 Å². The number of rotatable bonds is 4. The van der Waals surface area contributed by atoms with E-state index in [4.69, 9.17) is 9.68 Å². The van der Waals surface area contributed by atoms with Crippen LogP contribution in [-0.2, 0) is 6.54 Å². The molecule has 0 atom stereocenters. The average Bonchev–Trinajstić information content (AvgIpc) is 3.25. The number of carbonyl (C=O) groups excluding carboxylic acids is 1. The fourth-order valence-electron chi connectivity index (χ4n) is 3.04. The van der Waals surface area contributed by atoms with E-state index in [0.717, 1.165) is 37.2 Å². The maximum Gasteiger partial charge on any atom is 0.323 e. The highest BCUT2D eigenvalue weighted by molar-refractivity contribution is 5.88. The molecule has 1 N–H and O–H groups in total. The monoisotopic (exact) mass is 324 g/mol. The van der Waals surface area contributed by atoms with Crippen molar-refractivity contribution in [1.82, 2.24) is 9.88 Å². The molecule has 6 heteroatoms. The van der Waals surface area contributed by atoms with Crippen molar-refractivity contribution < 1.29 is 9.21 Å². The molecule has 1 aliphatic carbocycles. The third kappa shape index (κ3) is 3.74. The molecule has 0 saturated heterocycles. The number of aryl methyl sites for hydroxylation is 1. The molecule has 0 spiro atoms. The second-order valence-corrected chi connectivity index (χ2v) is 6.05. The number of aromatic nitrogens is 1. The first-order valence-corrected chi connectivity index (χ1v) is 8.15. The van der Waals surface area contributed by atoms with Crippen LogP contribution in [0.2, 0.25) is 0 Å². The second-order valence-electron chi connectivity index (χ2n) is 6.05. The number of nitrogens with one attached hydrogen (secondary N) is 1. The van der Waals surface area contributed by atoms with Crippen molar-refractivity contribution in [3.8, 4) is 6.07 Å². The molecule has 0 aliphatic heterocycles. The lowest BCUT2D eigenvalue weighted by Crippen LogP contribution is -2.41. The zero-order chi connectivity index (χ0) is 16.9. The molecule has 0 radical (unpaired) electrons. The van der Waals surface area contributed by atoms with E-state index >= 15 is 0 Å². The molecule has 124 valence electrons. The number of nitrogens with zero attached hydrogens (tertiary/aromatic N) is 3. The normalized spacial score (nSPS) is 14.3. The molecule has 1 saturated carbocycles. The zero-order valence-electron chi connectivity index (χ0n) is 13.7. The minimum Gasteiger partial charge on any atom is -0.464 e. The van der Waals surface area contributed by atoms with Gasteiger partial charge in [0.1, 0.15) is 23.4 Å². The van der Waals surface area contributed by atoms with Gasteiger partial charge in [0.05, 0.1) is 12.1 Å². The van der Waals surface area contributed by atoms with Gasteiger partial charge >= 0.3 is 6.03 Å². The van der Waals surface area contributed by atoms with Gasteiger partial charge in [0, 0.05) is 12.2 Å². The van der Waals surface area contributed by atoms with Gasteiger partial charge in [-0.1, -0.05) is 12.8 Å². The van der Waals surface area contributed by atoms with Gasteiger partial charge in [-0.2, -0.15) is 5.26 Å². The number of nitriles is 1. The Morgan fingerprint density at radius 1 is 1.38 bits per heavy atom. The first-order chi connectivity index (χ1) is 11.7. The van der Waals surface area contributed by atoms with Crippen LogP contribution in [0.1, 0.15) is 42.8 Å². The van der Waals surface area contributed by atoms with Crippen molar-refractivity contribution in [1.29, 1.82) is 5.26 Å². The SMILES string of the molecule is Cc1ccc(CN(C(=O)Nc2ccc(C#N)cn2)C2CCCC2)o1. The van der Waals surface area contributed by atoms with Gasteiger partial charge in [0.25, 0.3) is 0 Å². The first-order valence-electron chi connectivity index (χ1n) is 8.15. The van der Waals surface area contributed by atoms with Gasteiger partial charge in [-0.25, -0.2) is 9.78 Å². The molecular weight excluding hydrogens is 304 g/mol. The van der Waals surface area contributed by atoms with Crippen molar-refractivity contribution in [2.75, 3.05) is 5.32 Å². The number of hydrogen-bond acceptors (Lipinski definition) is 4. The molecule has 2 aromatic rings. The third-order valence-corrected chi connectivity index (χ3v) is 4.28. The quantitative estimate of drug-likeness (QED) is 0.926.